The summed E-state index contributed by atoms with van der Waals surface area (Å²) in [6, 6.07) is 18.1. The van der Waals surface area contributed by atoms with Crippen LogP contribution in [-0.2, 0) is 37.1 Å². The molecule has 2 atom stereocenters. The highest BCUT2D eigenvalue weighted by atomic mass is 16.5. The molecule has 2 aromatic rings. The van der Waals surface area contributed by atoms with Crippen molar-refractivity contribution in [3.05, 3.63) is 83.1 Å². The largest absolute Gasteiger partial charge is 0.512 e. The van der Waals surface area contributed by atoms with Crippen LogP contribution in [0.25, 0.3) is 0 Å². The van der Waals surface area contributed by atoms with Crippen molar-refractivity contribution in [3.8, 4) is 0 Å². The highest BCUT2D eigenvalue weighted by Crippen LogP contribution is 2.27. The van der Waals surface area contributed by atoms with Crippen molar-refractivity contribution in [1.29, 1.82) is 0 Å². The van der Waals surface area contributed by atoms with Gasteiger partial charge in [0.25, 0.3) is 0 Å². The van der Waals surface area contributed by atoms with Gasteiger partial charge in [0.2, 0.25) is 0 Å². The molecule has 0 heterocycles. The number of ketones is 1. The van der Waals surface area contributed by atoms with E-state index in [1.165, 1.54) is 20.8 Å². The predicted molar refractivity (Wildman–Crippen MR) is 111 cm³/mol. The van der Waals surface area contributed by atoms with E-state index in [2.05, 4.69) is 0 Å². The number of rotatable bonds is 9. The van der Waals surface area contributed by atoms with E-state index in [0.717, 1.165) is 11.1 Å². The maximum absolute atomic E-state index is 12.6. The fourth-order valence-electron chi connectivity index (χ4n) is 3.17. The van der Waals surface area contributed by atoms with Gasteiger partial charge in [-0.1, -0.05) is 67.6 Å². The summed E-state index contributed by atoms with van der Waals surface area (Å²) in [6.45, 7) is 4.11. The Balaban J connectivity index is 2.12. The zero-order valence-electron chi connectivity index (χ0n) is 17.3. The van der Waals surface area contributed by atoms with Gasteiger partial charge in [0.05, 0.1) is 11.3 Å². The Labute approximate surface area is 176 Å². The summed E-state index contributed by atoms with van der Waals surface area (Å²) in [6.07, 6.45) is 0. The second kappa shape index (κ2) is 11.0. The van der Waals surface area contributed by atoms with Crippen LogP contribution in [0.4, 0.5) is 0 Å². The summed E-state index contributed by atoms with van der Waals surface area (Å²) in [5.41, 5.74) is 1.43. The predicted octanol–water partition coefficient (Wildman–Crippen LogP) is 4.15. The summed E-state index contributed by atoms with van der Waals surface area (Å²) in [7, 11) is 0. The lowest BCUT2D eigenvalue weighted by atomic mass is 9.84. The first-order chi connectivity index (χ1) is 14.3. The van der Waals surface area contributed by atoms with Crippen LogP contribution >= 0.6 is 0 Å². The molecule has 6 nitrogen and oxygen atoms in total. The normalized spacial score (nSPS) is 13.6. The second-order valence-corrected chi connectivity index (χ2v) is 7.03. The van der Waals surface area contributed by atoms with Crippen LogP contribution in [-0.4, -0.2) is 22.8 Å². The number of ether oxygens (including phenoxy) is 2. The fourth-order valence-corrected chi connectivity index (χ4v) is 3.17. The van der Waals surface area contributed by atoms with E-state index in [4.69, 9.17) is 9.47 Å². The minimum absolute atomic E-state index is 0.00574. The summed E-state index contributed by atoms with van der Waals surface area (Å²) in [5, 5.41) is 10.1. The highest BCUT2D eigenvalue weighted by molar-refractivity contribution is 6.00. The number of carbonyl (C=O) groups is 3. The molecule has 1 N–H and O–H groups in total. The number of allylic oxidation sites excluding steroid dienone is 1. The molecule has 2 rings (SSSR count). The van der Waals surface area contributed by atoms with E-state index in [9.17, 15) is 19.5 Å². The Morgan fingerprint density at radius 2 is 1.30 bits per heavy atom. The quantitative estimate of drug-likeness (QED) is 0.289. The van der Waals surface area contributed by atoms with E-state index in [1.54, 1.807) is 24.3 Å². The van der Waals surface area contributed by atoms with Crippen molar-refractivity contribution in [2.45, 2.75) is 34.0 Å². The van der Waals surface area contributed by atoms with Gasteiger partial charge in [0.15, 0.2) is 0 Å². The zero-order chi connectivity index (χ0) is 22.1. The van der Waals surface area contributed by atoms with Gasteiger partial charge in [-0.25, -0.2) is 4.79 Å². The van der Waals surface area contributed by atoms with Crippen molar-refractivity contribution in [2.24, 2.45) is 11.8 Å². The van der Waals surface area contributed by atoms with Crippen LogP contribution in [0.5, 0.6) is 0 Å². The van der Waals surface area contributed by atoms with Crippen molar-refractivity contribution in [1.82, 2.24) is 0 Å². The Morgan fingerprint density at radius 3 is 1.73 bits per heavy atom. The number of hydrogen-bond acceptors (Lipinski definition) is 6. The average molecular weight is 410 g/mol. The second-order valence-electron chi connectivity index (χ2n) is 7.03. The number of esters is 2. The molecule has 0 aliphatic rings. The summed E-state index contributed by atoms with van der Waals surface area (Å²) >= 11 is 0. The Hall–Kier alpha value is -3.41. The van der Waals surface area contributed by atoms with Gasteiger partial charge in [0.1, 0.15) is 24.9 Å². The molecule has 0 aliphatic heterocycles. The van der Waals surface area contributed by atoms with Gasteiger partial charge >= 0.3 is 11.9 Å². The fraction of sp³-hybridized carbons (Fsp3) is 0.292. The smallest absolute Gasteiger partial charge is 0.338 e. The SMILES string of the molecule is CC(=O)C(C(=O)OCc1ccccc1)C(C)C(C(=O)OCc1ccccc1)=C(C)O. The molecule has 0 aliphatic carbocycles. The van der Waals surface area contributed by atoms with Gasteiger partial charge in [0, 0.05) is 5.92 Å². The molecule has 0 bridgehead atoms. The van der Waals surface area contributed by atoms with Crippen LogP contribution < -0.4 is 0 Å². The van der Waals surface area contributed by atoms with E-state index in [-0.39, 0.29) is 24.5 Å². The average Bonchev–Trinajstić information content (AvgIpc) is 2.72. The van der Waals surface area contributed by atoms with Gasteiger partial charge in [-0.15, -0.1) is 0 Å². The molecule has 0 amide bonds. The molecule has 30 heavy (non-hydrogen) atoms. The Bertz CT molecular complexity index is 898. The molecule has 0 saturated carbocycles. The summed E-state index contributed by atoms with van der Waals surface area (Å²) in [4.78, 5) is 37.5. The molecule has 0 saturated heterocycles. The third-order valence-corrected chi connectivity index (χ3v) is 4.69. The molecule has 0 spiro atoms. The van der Waals surface area contributed by atoms with Gasteiger partial charge in [-0.05, 0) is 25.0 Å². The number of hydrogen-bond donors (Lipinski definition) is 1. The third kappa shape index (κ3) is 6.30. The first-order valence-electron chi connectivity index (χ1n) is 9.63. The van der Waals surface area contributed by atoms with Crippen molar-refractivity contribution in [3.63, 3.8) is 0 Å². The topological polar surface area (TPSA) is 89.9 Å². The van der Waals surface area contributed by atoms with E-state index < -0.39 is 29.6 Å². The van der Waals surface area contributed by atoms with Crippen LogP contribution in [0, 0.1) is 11.8 Å². The monoisotopic (exact) mass is 410 g/mol. The van der Waals surface area contributed by atoms with Crippen LogP contribution in [0.2, 0.25) is 0 Å². The lowest BCUT2D eigenvalue weighted by Crippen LogP contribution is -2.34. The van der Waals surface area contributed by atoms with Crippen LogP contribution in [0.1, 0.15) is 31.9 Å². The van der Waals surface area contributed by atoms with Gasteiger partial charge in [-0.2, -0.15) is 0 Å². The molecule has 2 unspecified atom stereocenters. The molecular weight excluding hydrogens is 384 g/mol. The number of aliphatic hydroxyl groups excluding tert-OH is 1. The molecule has 158 valence electrons. The zero-order valence-corrected chi connectivity index (χ0v) is 17.3. The van der Waals surface area contributed by atoms with Crippen LogP contribution in [0.15, 0.2) is 72.0 Å². The lowest BCUT2D eigenvalue weighted by molar-refractivity contribution is -0.154. The molecule has 6 heteroatoms. The van der Waals surface area contributed by atoms with Crippen molar-refractivity contribution in [2.75, 3.05) is 0 Å². The lowest BCUT2D eigenvalue weighted by Gasteiger charge is -2.22. The molecule has 0 fully saturated rings. The molecule has 2 aromatic carbocycles. The number of carbonyl (C=O) groups excluding carboxylic acids is 3. The Morgan fingerprint density at radius 1 is 0.833 bits per heavy atom. The van der Waals surface area contributed by atoms with Gasteiger partial charge in [-0.3, -0.25) is 9.59 Å². The molecule has 0 aromatic heterocycles. The molecular formula is C24H26O6. The number of aliphatic hydroxyl groups is 1. The first-order valence-corrected chi connectivity index (χ1v) is 9.63. The highest BCUT2D eigenvalue weighted by Gasteiger charge is 2.37. The van der Waals surface area contributed by atoms with E-state index in [0.29, 0.717) is 0 Å². The standard InChI is InChI=1S/C24H26O6/c1-16(21(17(2)25)23(27)29-14-19-10-6-4-7-11-19)22(18(3)26)24(28)30-15-20-12-8-5-9-13-20/h4-13,16,21,26H,14-15H2,1-3H3. The minimum atomic E-state index is -1.24. The minimum Gasteiger partial charge on any atom is -0.512 e. The Kier molecular flexibility index (Phi) is 8.35. The van der Waals surface area contributed by atoms with E-state index >= 15 is 0 Å². The maximum Gasteiger partial charge on any atom is 0.338 e. The first kappa shape index (κ1) is 22.9. The molecule has 0 radical (unpaired) electrons. The number of benzene rings is 2. The number of Topliss-reactive ketones (excluding diaryl/α,β-unsaturated/α-hetero) is 1. The van der Waals surface area contributed by atoms with Crippen molar-refractivity contribution < 1.29 is 29.0 Å². The summed E-state index contributed by atoms with van der Waals surface area (Å²) in [5.74, 6) is -4.46. The maximum atomic E-state index is 12.6. The third-order valence-electron chi connectivity index (χ3n) is 4.69. The van der Waals surface area contributed by atoms with E-state index in [1.807, 2.05) is 36.4 Å². The van der Waals surface area contributed by atoms with Crippen LogP contribution in [0.3, 0.4) is 0 Å². The van der Waals surface area contributed by atoms with Gasteiger partial charge < -0.3 is 14.6 Å². The van der Waals surface area contributed by atoms with Crippen molar-refractivity contribution >= 4 is 17.7 Å². The summed E-state index contributed by atoms with van der Waals surface area (Å²) < 4.78 is 10.6.